The number of aromatic nitrogens is 3. The smallest absolute Gasteiger partial charge is 0.230 e. The summed E-state index contributed by atoms with van der Waals surface area (Å²) in [5, 5.41) is 13.3. The number of methoxy groups -OCH3 is 1. The summed E-state index contributed by atoms with van der Waals surface area (Å²) >= 11 is 7.48. The standard InChI is InChI=1S/C24H28ClN5O2S/c1-3-29-14-12-18(13-15-29)26-22(31)16-33-24-28-27-23(20-6-4-5-7-21(20)32-2)30(24)19-10-8-17(25)9-11-19/h4-11,18H,3,12-16H2,1-2H3,(H,26,31). The number of benzene rings is 2. The van der Waals surface area contributed by atoms with Crippen molar-refractivity contribution in [2.45, 2.75) is 31.0 Å². The Morgan fingerprint density at radius 3 is 2.58 bits per heavy atom. The molecule has 1 fully saturated rings. The lowest BCUT2D eigenvalue weighted by Crippen LogP contribution is -2.45. The third-order valence-corrected chi connectivity index (χ3v) is 6.98. The van der Waals surface area contributed by atoms with Crippen LogP contribution in [0.25, 0.3) is 17.1 Å². The fourth-order valence-corrected chi connectivity index (χ4v) is 4.87. The predicted octanol–water partition coefficient (Wildman–Crippen LogP) is 4.29. The molecule has 1 saturated heterocycles. The molecule has 0 unspecified atom stereocenters. The minimum Gasteiger partial charge on any atom is -0.496 e. The second-order valence-corrected chi connectivity index (χ2v) is 9.26. The highest BCUT2D eigenvalue weighted by Gasteiger charge is 2.22. The Morgan fingerprint density at radius 1 is 1.15 bits per heavy atom. The lowest BCUT2D eigenvalue weighted by molar-refractivity contribution is -0.119. The number of piperidine rings is 1. The van der Waals surface area contributed by atoms with Gasteiger partial charge >= 0.3 is 0 Å². The first-order valence-electron chi connectivity index (χ1n) is 11.1. The quantitative estimate of drug-likeness (QED) is 0.480. The fourth-order valence-electron chi connectivity index (χ4n) is 3.98. The number of nitrogens with zero attached hydrogens (tertiary/aromatic N) is 4. The highest BCUT2D eigenvalue weighted by molar-refractivity contribution is 7.99. The second kappa shape index (κ2) is 11.0. The van der Waals surface area contributed by atoms with Crippen molar-refractivity contribution in [3.05, 3.63) is 53.6 Å². The molecule has 0 radical (unpaired) electrons. The van der Waals surface area contributed by atoms with E-state index in [1.54, 1.807) is 7.11 Å². The summed E-state index contributed by atoms with van der Waals surface area (Å²) in [5.74, 6) is 1.63. The van der Waals surface area contributed by atoms with Crippen LogP contribution in [0.4, 0.5) is 0 Å². The molecule has 0 bridgehead atoms. The van der Waals surface area contributed by atoms with Gasteiger partial charge in [0.2, 0.25) is 5.91 Å². The van der Waals surface area contributed by atoms with Crippen molar-refractivity contribution in [3.63, 3.8) is 0 Å². The van der Waals surface area contributed by atoms with E-state index in [0.29, 0.717) is 21.8 Å². The van der Waals surface area contributed by atoms with Crippen LogP contribution in [-0.2, 0) is 4.79 Å². The van der Waals surface area contributed by atoms with Gasteiger partial charge in [0.05, 0.1) is 18.4 Å². The van der Waals surface area contributed by atoms with E-state index >= 15 is 0 Å². The summed E-state index contributed by atoms with van der Waals surface area (Å²) in [4.78, 5) is 15.1. The van der Waals surface area contributed by atoms with Gasteiger partial charge in [0, 0.05) is 29.8 Å². The van der Waals surface area contributed by atoms with Crippen molar-refractivity contribution < 1.29 is 9.53 Å². The first kappa shape index (κ1) is 23.6. The Bertz CT molecular complexity index is 1080. The summed E-state index contributed by atoms with van der Waals surface area (Å²) in [6.45, 7) is 5.29. The Labute approximate surface area is 203 Å². The number of para-hydroxylation sites is 1. The molecular weight excluding hydrogens is 458 g/mol. The highest BCUT2D eigenvalue weighted by atomic mass is 35.5. The molecule has 0 saturated carbocycles. The van der Waals surface area contributed by atoms with Crippen LogP contribution in [0, 0.1) is 0 Å². The molecule has 1 aliphatic heterocycles. The fraction of sp³-hybridized carbons (Fsp3) is 0.375. The number of hydrogen-bond acceptors (Lipinski definition) is 6. The first-order chi connectivity index (χ1) is 16.1. The van der Waals surface area contributed by atoms with E-state index in [0.717, 1.165) is 43.7 Å². The first-order valence-corrected chi connectivity index (χ1v) is 12.4. The van der Waals surface area contributed by atoms with Gasteiger partial charge in [0.15, 0.2) is 11.0 Å². The predicted molar refractivity (Wildman–Crippen MR) is 132 cm³/mol. The molecule has 33 heavy (non-hydrogen) atoms. The third kappa shape index (κ3) is 5.69. The van der Waals surface area contributed by atoms with Gasteiger partial charge in [0.1, 0.15) is 5.75 Å². The maximum absolute atomic E-state index is 12.7. The monoisotopic (exact) mass is 485 g/mol. The summed E-state index contributed by atoms with van der Waals surface area (Å²) in [5.41, 5.74) is 1.68. The van der Waals surface area contributed by atoms with Crippen LogP contribution in [0.15, 0.2) is 53.7 Å². The van der Waals surface area contributed by atoms with E-state index in [1.165, 1.54) is 11.8 Å². The minimum atomic E-state index is 0.0134. The van der Waals surface area contributed by atoms with Crippen molar-refractivity contribution >= 4 is 29.3 Å². The van der Waals surface area contributed by atoms with E-state index in [-0.39, 0.29) is 17.7 Å². The molecular formula is C24H28ClN5O2S. The third-order valence-electron chi connectivity index (χ3n) is 5.80. The lowest BCUT2D eigenvalue weighted by atomic mass is 10.1. The minimum absolute atomic E-state index is 0.0134. The molecule has 1 aromatic heterocycles. The number of halogens is 1. The molecule has 2 aromatic carbocycles. The Morgan fingerprint density at radius 2 is 1.88 bits per heavy atom. The number of thioether (sulfide) groups is 1. The normalized spacial score (nSPS) is 14.9. The van der Waals surface area contributed by atoms with Crippen molar-refractivity contribution in [1.82, 2.24) is 25.0 Å². The molecule has 4 rings (SSSR count). The maximum Gasteiger partial charge on any atom is 0.230 e. The number of likely N-dealkylation sites (tertiary alicyclic amines) is 1. The molecule has 9 heteroatoms. The van der Waals surface area contributed by atoms with Crippen LogP contribution in [0.5, 0.6) is 5.75 Å². The van der Waals surface area contributed by atoms with Crippen LogP contribution in [0.3, 0.4) is 0 Å². The molecule has 0 atom stereocenters. The Balaban J connectivity index is 1.54. The molecule has 1 N–H and O–H groups in total. The zero-order valence-electron chi connectivity index (χ0n) is 18.8. The lowest BCUT2D eigenvalue weighted by Gasteiger charge is -2.31. The van der Waals surface area contributed by atoms with Gasteiger partial charge in [-0.3, -0.25) is 9.36 Å². The molecule has 0 aliphatic carbocycles. The van der Waals surface area contributed by atoms with E-state index in [1.807, 2.05) is 53.1 Å². The van der Waals surface area contributed by atoms with Crippen LogP contribution in [0.1, 0.15) is 19.8 Å². The Kier molecular flexibility index (Phi) is 7.90. The number of ether oxygens (including phenoxy) is 1. The van der Waals surface area contributed by atoms with Crippen LogP contribution >= 0.6 is 23.4 Å². The number of amides is 1. The van der Waals surface area contributed by atoms with Crippen LogP contribution in [-0.4, -0.2) is 64.1 Å². The summed E-state index contributed by atoms with van der Waals surface area (Å²) in [6.07, 6.45) is 1.98. The van der Waals surface area contributed by atoms with E-state index < -0.39 is 0 Å². The number of rotatable bonds is 8. The zero-order chi connectivity index (χ0) is 23.2. The van der Waals surface area contributed by atoms with Crippen molar-refractivity contribution in [1.29, 1.82) is 0 Å². The van der Waals surface area contributed by atoms with Crippen molar-refractivity contribution in [2.24, 2.45) is 0 Å². The molecule has 3 aromatic rings. The number of carbonyl (C=O) groups is 1. The van der Waals surface area contributed by atoms with Crippen molar-refractivity contribution in [3.8, 4) is 22.8 Å². The molecule has 1 amide bonds. The van der Waals surface area contributed by atoms with Gasteiger partial charge in [-0.15, -0.1) is 10.2 Å². The van der Waals surface area contributed by atoms with Gasteiger partial charge in [-0.1, -0.05) is 42.4 Å². The van der Waals surface area contributed by atoms with Crippen LogP contribution in [0.2, 0.25) is 5.02 Å². The van der Waals surface area contributed by atoms with Gasteiger partial charge < -0.3 is 15.0 Å². The maximum atomic E-state index is 12.7. The van der Waals surface area contributed by atoms with Crippen molar-refractivity contribution in [2.75, 3.05) is 32.5 Å². The van der Waals surface area contributed by atoms with E-state index in [4.69, 9.17) is 16.3 Å². The number of nitrogens with one attached hydrogen (secondary N) is 1. The van der Waals surface area contributed by atoms with E-state index in [9.17, 15) is 4.79 Å². The second-order valence-electron chi connectivity index (χ2n) is 7.88. The molecule has 1 aliphatic rings. The summed E-state index contributed by atoms with van der Waals surface area (Å²) in [7, 11) is 1.63. The molecule has 0 spiro atoms. The van der Waals surface area contributed by atoms with Gasteiger partial charge in [-0.25, -0.2) is 0 Å². The molecule has 7 nitrogen and oxygen atoms in total. The van der Waals surface area contributed by atoms with Gasteiger partial charge in [-0.05, 0) is 55.8 Å². The van der Waals surface area contributed by atoms with Crippen LogP contribution < -0.4 is 10.1 Å². The molecule has 174 valence electrons. The van der Waals surface area contributed by atoms with Gasteiger partial charge in [-0.2, -0.15) is 0 Å². The number of carbonyl (C=O) groups excluding carboxylic acids is 1. The SMILES string of the molecule is CCN1CCC(NC(=O)CSc2nnc(-c3ccccc3OC)n2-c2ccc(Cl)cc2)CC1. The zero-order valence-corrected chi connectivity index (χ0v) is 20.4. The largest absolute Gasteiger partial charge is 0.496 e. The topological polar surface area (TPSA) is 72.3 Å². The molecule has 2 heterocycles. The summed E-state index contributed by atoms with van der Waals surface area (Å²) in [6, 6.07) is 15.4. The van der Waals surface area contributed by atoms with Gasteiger partial charge in [0.25, 0.3) is 0 Å². The number of hydrogen-bond donors (Lipinski definition) is 1. The summed E-state index contributed by atoms with van der Waals surface area (Å²) < 4.78 is 7.48. The van der Waals surface area contributed by atoms with E-state index in [2.05, 4.69) is 27.3 Å². The Hall–Kier alpha value is -2.55. The average Bonchev–Trinajstić information content (AvgIpc) is 3.27. The highest BCUT2D eigenvalue weighted by Crippen LogP contribution is 2.33. The average molecular weight is 486 g/mol.